The molecule has 0 aliphatic rings. The summed E-state index contributed by atoms with van der Waals surface area (Å²) in [5.41, 5.74) is 2.32. The third kappa shape index (κ3) is 3.20. The Balaban J connectivity index is 1.91. The van der Waals surface area contributed by atoms with Gasteiger partial charge in [0.2, 0.25) is 0 Å². The molecule has 1 aromatic heterocycles. The number of aromatic nitrogens is 1. The van der Waals surface area contributed by atoms with Gasteiger partial charge in [-0.25, -0.2) is 4.79 Å². The second-order valence-corrected chi connectivity index (χ2v) is 4.85. The zero-order chi connectivity index (χ0) is 15.2. The van der Waals surface area contributed by atoms with Crippen molar-refractivity contribution in [1.82, 2.24) is 4.98 Å². The van der Waals surface area contributed by atoms with Crippen LogP contribution in [-0.4, -0.2) is 11.0 Å². The van der Waals surface area contributed by atoms with Crippen molar-refractivity contribution in [1.29, 1.82) is 0 Å². The van der Waals surface area contributed by atoms with Crippen LogP contribution in [0.5, 0.6) is 0 Å². The molecule has 0 N–H and O–H groups in total. The molecule has 0 radical (unpaired) electrons. The van der Waals surface area contributed by atoms with Gasteiger partial charge in [0, 0.05) is 12.4 Å². The molecular formula is C19H15NO2. The third-order valence-electron chi connectivity index (χ3n) is 3.33. The van der Waals surface area contributed by atoms with Crippen LogP contribution in [0.3, 0.4) is 0 Å². The molecule has 0 spiro atoms. The van der Waals surface area contributed by atoms with Crippen LogP contribution in [0.2, 0.25) is 0 Å². The van der Waals surface area contributed by atoms with E-state index in [4.69, 9.17) is 4.74 Å². The zero-order valence-electron chi connectivity index (χ0n) is 11.9. The van der Waals surface area contributed by atoms with Gasteiger partial charge in [-0.3, -0.25) is 4.98 Å². The lowest BCUT2D eigenvalue weighted by molar-refractivity contribution is 0.0377. The van der Waals surface area contributed by atoms with Crippen molar-refractivity contribution in [2.75, 3.05) is 0 Å². The van der Waals surface area contributed by atoms with Crippen molar-refractivity contribution in [2.24, 2.45) is 0 Å². The summed E-state index contributed by atoms with van der Waals surface area (Å²) in [7, 11) is 0. The molecule has 1 heterocycles. The first-order chi connectivity index (χ1) is 10.8. The average Bonchev–Trinajstić information content (AvgIpc) is 2.62. The molecule has 3 heteroatoms. The van der Waals surface area contributed by atoms with Gasteiger partial charge >= 0.3 is 5.97 Å². The number of pyridine rings is 1. The van der Waals surface area contributed by atoms with Crippen molar-refractivity contribution in [2.45, 2.75) is 6.10 Å². The minimum atomic E-state index is -0.435. The maximum atomic E-state index is 12.3. The van der Waals surface area contributed by atoms with Crippen molar-refractivity contribution >= 4 is 5.97 Å². The van der Waals surface area contributed by atoms with Gasteiger partial charge in [-0.1, -0.05) is 60.7 Å². The summed E-state index contributed by atoms with van der Waals surface area (Å²) < 4.78 is 5.73. The summed E-state index contributed by atoms with van der Waals surface area (Å²) in [4.78, 5) is 16.3. The van der Waals surface area contributed by atoms with Crippen LogP contribution in [-0.2, 0) is 4.74 Å². The van der Waals surface area contributed by atoms with E-state index in [2.05, 4.69) is 4.98 Å². The Bertz CT molecular complexity index is 688. The maximum absolute atomic E-state index is 12.3. The summed E-state index contributed by atoms with van der Waals surface area (Å²) in [6.45, 7) is 0. The Morgan fingerprint density at radius 3 is 1.91 bits per heavy atom. The second kappa shape index (κ2) is 6.68. The first kappa shape index (κ1) is 14.0. The lowest BCUT2D eigenvalue weighted by Gasteiger charge is -2.18. The molecule has 0 saturated carbocycles. The highest BCUT2D eigenvalue weighted by molar-refractivity contribution is 5.89. The number of carbonyl (C=O) groups excluding carboxylic acids is 1. The molecule has 3 nitrogen and oxygen atoms in total. The molecule has 0 unspecified atom stereocenters. The second-order valence-electron chi connectivity index (χ2n) is 4.85. The van der Waals surface area contributed by atoms with Crippen LogP contribution >= 0.6 is 0 Å². The Morgan fingerprint density at radius 2 is 1.41 bits per heavy atom. The van der Waals surface area contributed by atoms with Gasteiger partial charge in [0.05, 0.1) is 5.56 Å². The molecule has 0 aliphatic carbocycles. The van der Waals surface area contributed by atoms with Crippen LogP contribution < -0.4 is 0 Å². The molecule has 0 amide bonds. The summed E-state index contributed by atoms with van der Waals surface area (Å²) >= 11 is 0. The lowest BCUT2D eigenvalue weighted by Crippen LogP contribution is -2.13. The first-order valence-electron chi connectivity index (χ1n) is 7.05. The normalized spacial score (nSPS) is 10.4. The van der Waals surface area contributed by atoms with Gasteiger partial charge in [0.25, 0.3) is 0 Å². The molecule has 0 atom stereocenters. The van der Waals surface area contributed by atoms with Crippen LogP contribution in [0.1, 0.15) is 27.6 Å². The molecule has 0 saturated heterocycles. The van der Waals surface area contributed by atoms with Gasteiger partial charge in [-0.05, 0) is 23.3 Å². The van der Waals surface area contributed by atoms with Crippen molar-refractivity contribution in [3.8, 4) is 0 Å². The van der Waals surface area contributed by atoms with Gasteiger partial charge in [0.1, 0.15) is 0 Å². The monoisotopic (exact) mass is 289 g/mol. The number of hydrogen-bond donors (Lipinski definition) is 0. The Hall–Kier alpha value is -2.94. The van der Waals surface area contributed by atoms with Crippen LogP contribution in [0.4, 0.5) is 0 Å². The minimum absolute atomic E-state index is 0.384. The number of rotatable bonds is 4. The predicted molar refractivity (Wildman–Crippen MR) is 84.4 cm³/mol. The van der Waals surface area contributed by atoms with Gasteiger partial charge in [-0.2, -0.15) is 0 Å². The van der Waals surface area contributed by atoms with Crippen molar-refractivity contribution in [3.05, 3.63) is 102 Å². The quantitative estimate of drug-likeness (QED) is 0.681. The maximum Gasteiger partial charge on any atom is 0.340 e. The molecule has 0 fully saturated rings. The third-order valence-corrected chi connectivity index (χ3v) is 3.33. The number of ether oxygens (including phenoxy) is 1. The molecule has 2 aromatic carbocycles. The van der Waals surface area contributed by atoms with E-state index in [1.165, 1.54) is 6.20 Å². The molecular weight excluding hydrogens is 274 g/mol. The number of carbonyl (C=O) groups is 1. The SMILES string of the molecule is O=C(OC(c1ccccc1)c1ccccc1)c1cccnc1. The number of hydrogen-bond acceptors (Lipinski definition) is 3. The molecule has 3 rings (SSSR count). The fourth-order valence-electron chi connectivity index (χ4n) is 2.24. The van der Waals surface area contributed by atoms with Crippen LogP contribution in [0.15, 0.2) is 85.2 Å². The summed E-state index contributed by atoms with van der Waals surface area (Å²) in [6.07, 6.45) is 2.70. The number of nitrogens with zero attached hydrogens (tertiary/aromatic N) is 1. The van der Waals surface area contributed by atoms with E-state index < -0.39 is 6.10 Å². The molecule has 0 bridgehead atoms. The number of esters is 1. The topological polar surface area (TPSA) is 39.2 Å². The van der Waals surface area contributed by atoms with E-state index in [0.29, 0.717) is 5.56 Å². The molecule has 3 aromatic rings. The average molecular weight is 289 g/mol. The van der Waals surface area contributed by atoms with Gasteiger partial charge < -0.3 is 4.74 Å². The minimum Gasteiger partial charge on any atom is -0.449 e. The lowest BCUT2D eigenvalue weighted by atomic mass is 10.0. The summed E-state index contributed by atoms with van der Waals surface area (Å²) in [5, 5.41) is 0. The van der Waals surface area contributed by atoms with Gasteiger partial charge in [-0.15, -0.1) is 0 Å². The molecule has 22 heavy (non-hydrogen) atoms. The molecule has 0 aliphatic heterocycles. The largest absolute Gasteiger partial charge is 0.449 e. The highest BCUT2D eigenvalue weighted by Crippen LogP contribution is 2.26. The fraction of sp³-hybridized carbons (Fsp3) is 0.0526. The Labute approximate surface area is 129 Å². The van der Waals surface area contributed by atoms with E-state index in [0.717, 1.165) is 11.1 Å². The summed E-state index contributed by atoms with van der Waals surface area (Å²) in [6, 6.07) is 22.8. The van der Waals surface area contributed by atoms with Crippen LogP contribution in [0.25, 0.3) is 0 Å². The first-order valence-corrected chi connectivity index (χ1v) is 7.05. The Morgan fingerprint density at radius 1 is 0.818 bits per heavy atom. The van der Waals surface area contributed by atoms with E-state index in [1.807, 2.05) is 60.7 Å². The van der Waals surface area contributed by atoms with E-state index in [9.17, 15) is 4.79 Å². The predicted octanol–water partition coefficient (Wildman–Crippen LogP) is 4.03. The Kier molecular flexibility index (Phi) is 4.25. The van der Waals surface area contributed by atoms with E-state index in [-0.39, 0.29) is 5.97 Å². The highest BCUT2D eigenvalue weighted by atomic mass is 16.5. The fourth-order valence-corrected chi connectivity index (χ4v) is 2.24. The molecule has 108 valence electrons. The van der Waals surface area contributed by atoms with Crippen molar-refractivity contribution < 1.29 is 9.53 Å². The van der Waals surface area contributed by atoms with E-state index >= 15 is 0 Å². The smallest absolute Gasteiger partial charge is 0.340 e. The highest BCUT2D eigenvalue weighted by Gasteiger charge is 2.19. The standard InChI is InChI=1S/C19H15NO2/c21-19(17-12-7-13-20-14-17)22-18(15-8-3-1-4-9-15)16-10-5-2-6-11-16/h1-14,18H. The van der Waals surface area contributed by atoms with Crippen LogP contribution in [0, 0.1) is 0 Å². The van der Waals surface area contributed by atoms with E-state index in [1.54, 1.807) is 18.3 Å². The summed E-state index contributed by atoms with van der Waals surface area (Å²) in [5.74, 6) is -0.384. The zero-order valence-corrected chi connectivity index (χ0v) is 11.9. The number of benzene rings is 2. The van der Waals surface area contributed by atoms with Gasteiger partial charge in [0.15, 0.2) is 6.10 Å². The van der Waals surface area contributed by atoms with Crippen molar-refractivity contribution in [3.63, 3.8) is 0 Å².